The molecule has 1 saturated heterocycles. The molecule has 7 nitrogen and oxygen atoms in total. The zero-order valence-electron chi connectivity index (χ0n) is 12.9. The maximum Gasteiger partial charge on any atom is 0.329 e. The van der Waals surface area contributed by atoms with Gasteiger partial charge in [-0.05, 0) is 30.7 Å². The number of urea groups is 1. The lowest BCUT2D eigenvalue weighted by Gasteiger charge is -2.13. The van der Waals surface area contributed by atoms with Gasteiger partial charge in [0.05, 0.1) is 6.26 Å². The third-order valence-electron chi connectivity index (χ3n) is 3.51. The highest BCUT2D eigenvalue weighted by Gasteiger charge is 2.35. The van der Waals surface area contributed by atoms with Crippen LogP contribution in [0.2, 0.25) is 0 Å². The van der Waals surface area contributed by atoms with E-state index in [4.69, 9.17) is 4.42 Å². The van der Waals surface area contributed by atoms with Gasteiger partial charge in [0.2, 0.25) is 5.91 Å². The van der Waals surface area contributed by atoms with Crippen LogP contribution in [-0.4, -0.2) is 29.3 Å². The molecule has 0 spiro atoms. The standard InChI is InChI=1S/C17H15N3O4/c1-11-5-2-3-7-13(11)18-15(21)10-20-16(22)14(19-17(20)23)9-12-6-4-8-24-12/h2-9H,10H2,1H3,(H,18,21)(H,19,23)/b14-9-. The number of anilines is 1. The summed E-state index contributed by atoms with van der Waals surface area (Å²) in [7, 11) is 0. The zero-order valence-corrected chi connectivity index (χ0v) is 12.9. The highest BCUT2D eigenvalue weighted by Crippen LogP contribution is 2.16. The first-order valence-electron chi connectivity index (χ1n) is 7.28. The van der Waals surface area contributed by atoms with E-state index in [0.717, 1.165) is 10.5 Å². The Morgan fingerprint density at radius 1 is 1.25 bits per heavy atom. The minimum absolute atomic E-state index is 0.0682. The van der Waals surface area contributed by atoms with Crippen LogP contribution in [0.5, 0.6) is 0 Å². The number of rotatable bonds is 4. The van der Waals surface area contributed by atoms with Crippen molar-refractivity contribution >= 4 is 29.6 Å². The summed E-state index contributed by atoms with van der Waals surface area (Å²) in [6, 6.07) is 9.93. The van der Waals surface area contributed by atoms with Gasteiger partial charge in [-0.15, -0.1) is 0 Å². The van der Waals surface area contributed by atoms with Crippen LogP contribution in [-0.2, 0) is 9.59 Å². The molecule has 0 radical (unpaired) electrons. The van der Waals surface area contributed by atoms with Crippen LogP contribution in [0.1, 0.15) is 11.3 Å². The Labute approximate surface area is 137 Å². The Morgan fingerprint density at radius 2 is 2.04 bits per heavy atom. The molecule has 0 aliphatic carbocycles. The summed E-state index contributed by atoms with van der Waals surface area (Å²) >= 11 is 0. The normalized spacial score (nSPS) is 15.7. The molecule has 2 aromatic rings. The lowest BCUT2D eigenvalue weighted by atomic mass is 10.2. The second-order valence-corrected chi connectivity index (χ2v) is 5.26. The maximum absolute atomic E-state index is 12.2. The number of nitrogens with zero attached hydrogens (tertiary/aromatic N) is 1. The number of imide groups is 1. The predicted molar refractivity (Wildman–Crippen MR) is 86.7 cm³/mol. The topological polar surface area (TPSA) is 91.7 Å². The van der Waals surface area contributed by atoms with Gasteiger partial charge in [-0.3, -0.25) is 9.59 Å². The van der Waals surface area contributed by atoms with E-state index in [0.29, 0.717) is 11.4 Å². The Morgan fingerprint density at radius 3 is 2.75 bits per heavy atom. The predicted octanol–water partition coefficient (Wildman–Crippen LogP) is 2.12. The number of nitrogens with one attached hydrogen (secondary N) is 2. The number of furan rings is 1. The fourth-order valence-electron chi connectivity index (χ4n) is 2.28. The first kappa shape index (κ1) is 15.5. The van der Waals surface area contributed by atoms with Crippen LogP contribution in [0.25, 0.3) is 6.08 Å². The second-order valence-electron chi connectivity index (χ2n) is 5.26. The van der Waals surface area contributed by atoms with Crippen molar-refractivity contribution in [1.82, 2.24) is 10.2 Å². The number of carbonyl (C=O) groups excluding carboxylic acids is 3. The summed E-state index contributed by atoms with van der Waals surface area (Å²) in [6.45, 7) is 1.49. The Kier molecular flexibility index (Phi) is 4.15. The van der Waals surface area contributed by atoms with Gasteiger partial charge in [-0.1, -0.05) is 18.2 Å². The van der Waals surface area contributed by atoms with Crippen molar-refractivity contribution in [3.8, 4) is 0 Å². The Bertz CT molecular complexity index is 824. The summed E-state index contributed by atoms with van der Waals surface area (Å²) < 4.78 is 5.11. The zero-order chi connectivity index (χ0) is 17.1. The van der Waals surface area contributed by atoms with E-state index in [9.17, 15) is 14.4 Å². The van der Waals surface area contributed by atoms with Gasteiger partial charge < -0.3 is 15.1 Å². The number of carbonyl (C=O) groups is 3. The summed E-state index contributed by atoms with van der Waals surface area (Å²) in [6.07, 6.45) is 2.88. The summed E-state index contributed by atoms with van der Waals surface area (Å²) in [5.41, 5.74) is 1.60. The minimum atomic E-state index is -0.641. The number of benzene rings is 1. The number of hydrogen-bond acceptors (Lipinski definition) is 4. The van der Waals surface area contributed by atoms with Gasteiger partial charge in [-0.25, -0.2) is 9.69 Å². The summed E-state index contributed by atoms with van der Waals surface area (Å²) in [5, 5.41) is 5.12. The highest BCUT2D eigenvalue weighted by atomic mass is 16.3. The molecule has 7 heteroatoms. The SMILES string of the molecule is Cc1ccccc1NC(=O)CN1C(=O)N/C(=C\c2ccco2)C1=O. The first-order chi connectivity index (χ1) is 11.5. The van der Waals surface area contributed by atoms with E-state index in [1.807, 2.05) is 19.1 Å². The Hall–Kier alpha value is -3.35. The third-order valence-corrected chi connectivity index (χ3v) is 3.51. The maximum atomic E-state index is 12.2. The van der Waals surface area contributed by atoms with E-state index in [1.54, 1.807) is 24.3 Å². The molecule has 0 bridgehead atoms. The molecular weight excluding hydrogens is 310 g/mol. The molecule has 3 rings (SSSR count). The molecule has 2 N–H and O–H groups in total. The smallest absolute Gasteiger partial charge is 0.329 e. The molecule has 0 atom stereocenters. The van der Waals surface area contributed by atoms with Gasteiger partial charge in [-0.2, -0.15) is 0 Å². The molecule has 4 amide bonds. The van der Waals surface area contributed by atoms with Crippen LogP contribution in [0.3, 0.4) is 0 Å². The number of aryl methyl sites for hydroxylation is 1. The minimum Gasteiger partial charge on any atom is -0.465 e. The van der Waals surface area contributed by atoms with Gasteiger partial charge >= 0.3 is 6.03 Å². The van der Waals surface area contributed by atoms with Crippen molar-refractivity contribution in [3.63, 3.8) is 0 Å². The van der Waals surface area contributed by atoms with Gasteiger partial charge in [0.1, 0.15) is 18.0 Å². The monoisotopic (exact) mass is 325 g/mol. The van der Waals surface area contributed by atoms with E-state index >= 15 is 0 Å². The van der Waals surface area contributed by atoms with Crippen molar-refractivity contribution in [2.45, 2.75) is 6.92 Å². The lowest BCUT2D eigenvalue weighted by Crippen LogP contribution is -2.38. The van der Waals surface area contributed by atoms with Crippen LogP contribution < -0.4 is 10.6 Å². The fraction of sp³-hybridized carbons (Fsp3) is 0.118. The van der Waals surface area contributed by atoms with E-state index < -0.39 is 17.8 Å². The molecule has 24 heavy (non-hydrogen) atoms. The largest absolute Gasteiger partial charge is 0.465 e. The van der Waals surface area contributed by atoms with Crippen LogP contribution in [0.15, 0.2) is 52.8 Å². The van der Waals surface area contributed by atoms with E-state index in [-0.39, 0.29) is 12.2 Å². The first-order valence-corrected chi connectivity index (χ1v) is 7.28. The van der Waals surface area contributed by atoms with Crippen LogP contribution >= 0.6 is 0 Å². The molecular formula is C17H15N3O4. The summed E-state index contributed by atoms with van der Waals surface area (Å²) in [4.78, 5) is 37.1. The fourth-order valence-corrected chi connectivity index (χ4v) is 2.28. The van der Waals surface area contributed by atoms with Crippen molar-refractivity contribution in [3.05, 3.63) is 59.7 Å². The molecule has 1 fully saturated rings. The molecule has 0 saturated carbocycles. The van der Waals surface area contributed by atoms with E-state index in [2.05, 4.69) is 10.6 Å². The van der Waals surface area contributed by atoms with Crippen LogP contribution in [0, 0.1) is 6.92 Å². The number of para-hydroxylation sites is 1. The second kappa shape index (κ2) is 6.41. The van der Waals surface area contributed by atoms with Gasteiger partial charge in [0.25, 0.3) is 5.91 Å². The number of amides is 4. The molecule has 1 aromatic heterocycles. The average molecular weight is 325 g/mol. The van der Waals surface area contributed by atoms with Gasteiger partial charge in [0.15, 0.2) is 0 Å². The van der Waals surface area contributed by atoms with Gasteiger partial charge in [0, 0.05) is 11.8 Å². The van der Waals surface area contributed by atoms with Crippen LogP contribution in [0.4, 0.5) is 10.5 Å². The molecule has 122 valence electrons. The van der Waals surface area contributed by atoms with Crippen molar-refractivity contribution in [2.75, 3.05) is 11.9 Å². The molecule has 1 aliphatic heterocycles. The van der Waals surface area contributed by atoms with Crippen molar-refractivity contribution in [1.29, 1.82) is 0 Å². The van der Waals surface area contributed by atoms with E-state index in [1.165, 1.54) is 12.3 Å². The molecule has 1 aromatic carbocycles. The highest BCUT2D eigenvalue weighted by molar-refractivity contribution is 6.15. The summed E-state index contributed by atoms with van der Waals surface area (Å²) in [5.74, 6) is -0.590. The molecule has 2 heterocycles. The Balaban J connectivity index is 1.69. The third kappa shape index (κ3) is 3.19. The lowest BCUT2D eigenvalue weighted by molar-refractivity contribution is -0.127. The average Bonchev–Trinajstić information content (AvgIpc) is 3.14. The molecule has 1 aliphatic rings. The van der Waals surface area contributed by atoms with Crippen molar-refractivity contribution < 1.29 is 18.8 Å². The quantitative estimate of drug-likeness (QED) is 0.665. The molecule has 0 unspecified atom stereocenters. The van der Waals surface area contributed by atoms with Crippen molar-refractivity contribution in [2.24, 2.45) is 0 Å². The number of hydrogen-bond donors (Lipinski definition) is 2.